The van der Waals surface area contributed by atoms with Crippen molar-refractivity contribution in [2.75, 3.05) is 0 Å². The largest absolute Gasteiger partial charge is 0.479 e. The molecule has 1 unspecified atom stereocenters. The Morgan fingerprint density at radius 3 is 2.46 bits per heavy atom. The Labute approximate surface area is 142 Å². The van der Waals surface area contributed by atoms with Crippen LogP contribution in [-0.4, -0.2) is 12.0 Å². The van der Waals surface area contributed by atoms with Gasteiger partial charge in [-0.05, 0) is 30.7 Å². The number of alkyl halides is 3. The van der Waals surface area contributed by atoms with Crippen LogP contribution in [0.3, 0.4) is 0 Å². The quantitative estimate of drug-likeness (QED) is 0.859. The van der Waals surface area contributed by atoms with Gasteiger partial charge in [-0.25, -0.2) is 0 Å². The third-order valence-electron chi connectivity index (χ3n) is 3.29. The van der Waals surface area contributed by atoms with Crippen molar-refractivity contribution in [3.63, 3.8) is 0 Å². The molecule has 0 aromatic heterocycles. The monoisotopic (exact) mass is 357 g/mol. The van der Waals surface area contributed by atoms with Crippen LogP contribution < -0.4 is 10.1 Å². The first kappa shape index (κ1) is 18.1. The molecule has 0 aliphatic rings. The lowest BCUT2D eigenvalue weighted by Gasteiger charge is -2.17. The van der Waals surface area contributed by atoms with Crippen LogP contribution in [0.2, 0.25) is 5.02 Å². The first-order valence-electron chi connectivity index (χ1n) is 7.13. The molecule has 2 aromatic rings. The zero-order valence-corrected chi connectivity index (χ0v) is 13.5. The molecule has 0 aliphatic carbocycles. The number of hydrogen-bond acceptors (Lipinski definition) is 2. The standard InChI is InChI=1S/C17H15ClF3NO2/c1-11(24-15-9-5-4-8-14(15)18)16(23)22-10-12-6-2-3-7-13(12)17(19,20)21/h2-9,11H,10H2,1H3,(H,22,23). The summed E-state index contributed by atoms with van der Waals surface area (Å²) in [5.74, 6) is -0.204. The Hall–Kier alpha value is -2.21. The molecule has 0 aliphatic heterocycles. The molecule has 1 N–H and O–H groups in total. The van der Waals surface area contributed by atoms with Crippen molar-refractivity contribution >= 4 is 17.5 Å². The molecule has 0 fully saturated rings. The smallest absolute Gasteiger partial charge is 0.416 e. The highest BCUT2D eigenvalue weighted by atomic mass is 35.5. The van der Waals surface area contributed by atoms with Gasteiger partial charge in [-0.1, -0.05) is 41.9 Å². The first-order chi connectivity index (χ1) is 11.3. The maximum Gasteiger partial charge on any atom is 0.416 e. The lowest BCUT2D eigenvalue weighted by molar-refractivity contribution is -0.138. The molecule has 0 saturated carbocycles. The molecule has 3 nitrogen and oxygen atoms in total. The topological polar surface area (TPSA) is 38.3 Å². The number of carbonyl (C=O) groups is 1. The second-order valence-electron chi connectivity index (χ2n) is 5.06. The summed E-state index contributed by atoms with van der Waals surface area (Å²) < 4.78 is 44.2. The molecule has 0 radical (unpaired) electrons. The average Bonchev–Trinajstić information content (AvgIpc) is 2.54. The van der Waals surface area contributed by atoms with Crippen LogP contribution >= 0.6 is 11.6 Å². The Kier molecular flexibility index (Phi) is 5.72. The fourth-order valence-electron chi connectivity index (χ4n) is 2.06. The first-order valence-corrected chi connectivity index (χ1v) is 7.51. The molecule has 0 heterocycles. The van der Waals surface area contributed by atoms with Crippen LogP contribution in [0.25, 0.3) is 0 Å². The fourth-order valence-corrected chi connectivity index (χ4v) is 2.24. The van der Waals surface area contributed by atoms with E-state index in [0.29, 0.717) is 10.8 Å². The minimum Gasteiger partial charge on any atom is -0.479 e. The molecule has 2 aromatic carbocycles. The molecule has 7 heteroatoms. The van der Waals surface area contributed by atoms with Crippen LogP contribution in [-0.2, 0) is 17.5 Å². The van der Waals surface area contributed by atoms with Crippen LogP contribution in [0.4, 0.5) is 13.2 Å². The van der Waals surface area contributed by atoms with E-state index in [1.807, 2.05) is 0 Å². The van der Waals surface area contributed by atoms with Crippen LogP contribution in [0.1, 0.15) is 18.1 Å². The van der Waals surface area contributed by atoms with E-state index in [9.17, 15) is 18.0 Å². The van der Waals surface area contributed by atoms with Gasteiger partial charge in [0.25, 0.3) is 5.91 Å². The van der Waals surface area contributed by atoms with Crippen molar-refractivity contribution in [3.05, 3.63) is 64.7 Å². The van der Waals surface area contributed by atoms with Crippen LogP contribution in [0.15, 0.2) is 48.5 Å². The molecule has 1 atom stereocenters. The summed E-state index contributed by atoms with van der Waals surface area (Å²) in [6.45, 7) is 1.25. The summed E-state index contributed by atoms with van der Waals surface area (Å²) >= 11 is 5.94. The van der Waals surface area contributed by atoms with Crippen molar-refractivity contribution in [2.45, 2.75) is 25.7 Å². The number of para-hydroxylation sites is 1. The Balaban J connectivity index is 2.00. The number of benzene rings is 2. The van der Waals surface area contributed by atoms with Gasteiger partial charge in [-0.2, -0.15) is 13.2 Å². The summed E-state index contributed by atoms with van der Waals surface area (Å²) in [5, 5.41) is 2.79. The summed E-state index contributed by atoms with van der Waals surface area (Å²) in [6.07, 6.45) is -5.37. The molecule has 1 amide bonds. The van der Waals surface area contributed by atoms with Crippen molar-refractivity contribution in [2.24, 2.45) is 0 Å². The van der Waals surface area contributed by atoms with E-state index in [4.69, 9.17) is 16.3 Å². The molecule has 0 spiro atoms. The SMILES string of the molecule is CC(Oc1ccccc1Cl)C(=O)NCc1ccccc1C(F)(F)F. The predicted octanol–water partition coefficient (Wildman–Crippen LogP) is 4.44. The third kappa shape index (κ3) is 4.64. The van der Waals surface area contributed by atoms with E-state index in [1.54, 1.807) is 24.3 Å². The minimum absolute atomic E-state index is 0.0108. The number of hydrogen-bond donors (Lipinski definition) is 1. The van der Waals surface area contributed by atoms with Gasteiger partial charge in [0.2, 0.25) is 0 Å². The summed E-state index contributed by atoms with van der Waals surface area (Å²) in [4.78, 5) is 12.0. The van der Waals surface area contributed by atoms with Gasteiger partial charge < -0.3 is 10.1 Å². The van der Waals surface area contributed by atoms with E-state index < -0.39 is 23.8 Å². The van der Waals surface area contributed by atoms with Gasteiger partial charge in [0.1, 0.15) is 5.75 Å². The number of halogens is 4. The van der Waals surface area contributed by atoms with Gasteiger partial charge in [0.15, 0.2) is 6.10 Å². The second kappa shape index (κ2) is 7.57. The lowest BCUT2D eigenvalue weighted by atomic mass is 10.1. The van der Waals surface area contributed by atoms with Crippen molar-refractivity contribution < 1.29 is 22.7 Å². The van der Waals surface area contributed by atoms with Crippen molar-refractivity contribution in [1.29, 1.82) is 0 Å². The van der Waals surface area contributed by atoms with Crippen molar-refractivity contribution in [3.8, 4) is 5.75 Å². The van der Waals surface area contributed by atoms with Crippen LogP contribution in [0, 0.1) is 0 Å². The van der Waals surface area contributed by atoms with Gasteiger partial charge in [0, 0.05) is 6.54 Å². The van der Waals surface area contributed by atoms with Crippen LogP contribution in [0.5, 0.6) is 5.75 Å². The number of carbonyl (C=O) groups excluding carboxylic acids is 1. The number of rotatable bonds is 5. The van der Waals surface area contributed by atoms with Gasteiger partial charge >= 0.3 is 6.18 Å². The van der Waals surface area contributed by atoms with Gasteiger partial charge in [0.05, 0.1) is 10.6 Å². The molecular formula is C17H15ClF3NO2. The molecular weight excluding hydrogens is 343 g/mol. The predicted molar refractivity (Wildman–Crippen MR) is 84.8 cm³/mol. The zero-order valence-electron chi connectivity index (χ0n) is 12.7. The van der Waals surface area contributed by atoms with E-state index in [-0.39, 0.29) is 12.1 Å². The fraction of sp³-hybridized carbons (Fsp3) is 0.235. The maximum atomic E-state index is 12.9. The Morgan fingerprint density at radius 1 is 1.17 bits per heavy atom. The summed E-state index contributed by atoms with van der Waals surface area (Å²) in [7, 11) is 0. The highest BCUT2D eigenvalue weighted by Gasteiger charge is 2.33. The average molecular weight is 358 g/mol. The summed E-state index contributed by atoms with van der Waals surface area (Å²) in [5.41, 5.74) is -0.784. The molecule has 2 rings (SSSR count). The Bertz CT molecular complexity index is 719. The third-order valence-corrected chi connectivity index (χ3v) is 3.60. The number of nitrogens with one attached hydrogen (secondary N) is 1. The maximum absolute atomic E-state index is 12.9. The van der Waals surface area contributed by atoms with E-state index in [2.05, 4.69) is 5.32 Å². The Morgan fingerprint density at radius 2 is 1.79 bits per heavy atom. The highest BCUT2D eigenvalue weighted by molar-refractivity contribution is 6.32. The van der Waals surface area contributed by atoms with E-state index in [0.717, 1.165) is 6.07 Å². The number of ether oxygens (including phenoxy) is 1. The number of amides is 1. The van der Waals surface area contributed by atoms with E-state index >= 15 is 0 Å². The molecule has 128 valence electrons. The minimum atomic E-state index is -4.47. The lowest BCUT2D eigenvalue weighted by Crippen LogP contribution is -2.36. The summed E-state index contributed by atoms with van der Waals surface area (Å²) in [6, 6.07) is 11.7. The molecule has 0 saturated heterocycles. The van der Waals surface area contributed by atoms with E-state index in [1.165, 1.54) is 25.1 Å². The zero-order chi connectivity index (χ0) is 17.7. The molecule has 0 bridgehead atoms. The normalized spacial score (nSPS) is 12.5. The second-order valence-corrected chi connectivity index (χ2v) is 5.47. The molecule has 24 heavy (non-hydrogen) atoms. The van der Waals surface area contributed by atoms with Gasteiger partial charge in [-0.3, -0.25) is 4.79 Å². The van der Waals surface area contributed by atoms with Gasteiger partial charge in [-0.15, -0.1) is 0 Å². The highest BCUT2D eigenvalue weighted by Crippen LogP contribution is 2.31. The van der Waals surface area contributed by atoms with Crippen molar-refractivity contribution in [1.82, 2.24) is 5.32 Å².